The minimum Gasteiger partial charge on any atom is -0.478 e. The van der Waals surface area contributed by atoms with Crippen LogP contribution in [-0.4, -0.2) is 35.0 Å². The highest BCUT2D eigenvalue weighted by atomic mass is 32.1. The van der Waals surface area contributed by atoms with Gasteiger partial charge in [-0.25, -0.2) is 4.79 Å². The number of aliphatic carboxylic acids is 1. The van der Waals surface area contributed by atoms with E-state index in [2.05, 4.69) is 6.92 Å². The zero-order valence-corrected chi connectivity index (χ0v) is 12.2. The highest BCUT2D eigenvalue weighted by molar-refractivity contribution is 7.14. The molecule has 4 nitrogen and oxygen atoms in total. The third-order valence-electron chi connectivity index (χ3n) is 2.92. The second kappa shape index (κ2) is 7.09. The molecule has 1 heterocycles. The van der Waals surface area contributed by atoms with E-state index >= 15 is 0 Å². The molecule has 1 aromatic rings. The summed E-state index contributed by atoms with van der Waals surface area (Å²) in [6, 6.07) is 3.71. The molecule has 1 N–H and O–H groups in total. The maximum atomic E-state index is 12.2. The molecule has 0 bridgehead atoms. The molecule has 1 aromatic heterocycles. The van der Waals surface area contributed by atoms with Crippen LogP contribution in [0.5, 0.6) is 0 Å². The number of hydrogen-bond acceptors (Lipinski definition) is 3. The Kier molecular flexibility index (Phi) is 5.76. The molecule has 0 aliphatic rings. The van der Waals surface area contributed by atoms with Gasteiger partial charge in [-0.2, -0.15) is 0 Å². The van der Waals surface area contributed by atoms with Crippen molar-refractivity contribution in [2.24, 2.45) is 0 Å². The first kappa shape index (κ1) is 15.4. The molecule has 0 aliphatic heterocycles. The molecule has 0 aromatic carbocycles. The van der Waals surface area contributed by atoms with Crippen molar-refractivity contribution in [3.8, 4) is 0 Å². The van der Waals surface area contributed by atoms with Gasteiger partial charge in [-0.15, -0.1) is 11.3 Å². The first-order valence-electron chi connectivity index (χ1n) is 6.23. The van der Waals surface area contributed by atoms with Crippen molar-refractivity contribution in [3.63, 3.8) is 0 Å². The van der Waals surface area contributed by atoms with Crippen molar-refractivity contribution in [1.29, 1.82) is 0 Å². The molecule has 5 heteroatoms. The number of nitrogens with zero attached hydrogens (tertiary/aromatic N) is 1. The van der Waals surface area contributed by atoms with Crippen molar-refractivity contribution < 1.29 is 14.7 Å². The largest absolute Gasteiger partial charge is 0.478 e. The molecule has 1 rings (SSSR count). The summed E-state index contributed by atoms with van der Waals surface area (Å²) in [4.78, 5) is 25.8. The number of thiophene rings is 1. The van der Waals surface area contributed by atoms with E-state index in [1.807, 2.05) is 6.92 Å². The Morgan fingerprint density at radius 2 is 2.16 bits per heavy atom. The van der Waals surface area contributed by atoms with E-state index in [9.17, 15) is 9.59 Å². The monoisotopic (exact) mass is 281 g/mol. The van der Waals surface area contributed by atoms with Crippen molar-refractivity contribution in [2.45, 2.75) is 32.7 Å². The second-order valence-electron chi connectivity index (χ2n) is 4.43. The maximum Gasteiger partial charge on any atom is 0.328 e. The molecule has 19 heavy (non-hydrogen) atoms. The van der Waals surface area contributed by atoms with Gasteiger partial charge in [0.1, 0.15) is 0 Å². The van der Waals surface area contributed by atoms with E-state index in [-0.39, 0.29) is 11.9 Å². The Bertz CT molecular complexity index is 479. The molecule has 0 saturated heterocycles. The Balaban J connectivity index is 2.75. The number of hydrogen-bond donors (Lipinski definition) is 1. The fraction of sp³-hybridized carbons (Fsp3) is 0.429. The van der Waals surface area contributed by atoms with Gasteiger partial charge in [-0.05, 0) is 31.6 Å². The summed E-state index contributed by atoms with van der Waals surface area (Å²) >= 11 is 1.31. The second-order valence-corrected chi connectivity index (χ2v) is 5.54. The van der Waals surface area contributed by atoms with Crippen LogP contribution in [0, 0.1) is 0 Å². The molecule has 0 saturated carbocycles. The number of carboxylic acid groups (broad SMARTS) is 1. The molecule has 0 radical (unpaired) electrons. The lowest BCUT2D eigenvalue weighted by Crippen LogP contribution is -2.34. The molecule has 1 amide bonds. The summed E-state index contributed by atoms with van der Waals surface area (Å²) in [5.74, 6) is -1.00. The van der Waals surface area contributed by atoms with Crippen molar-refractivity contribution in [1.82, 2.24) is 4.90 Å². The van der Waals surface area contributed by atoms with Gasteiger partial charge in [0.05, 0.1) is 4.88 Å². The van der Waals surface area contributed by atoms with Gasteiger partial charge in [0, 0.05) is 24.0 Å². The molecule has 0 fully saturated rings. The summed E-state index contributed by atoms with van der Waals surface area (Å²) in [6.07, 6.45) is 4.58. The van der Waals surface area contributed by atoms with Crippen molar-refractivity contribution >= 4 is 29.3 Å². The van der Waals surface area contributed by atoms with Gasteiger partial charge in [0.25, 0.3) is 5.91 Å². The summed E-state index contributed by atoms with van der Waals surface area (Å²) in [7, 11) is 1.80. The lowest BCUT2D eigenvalue weighted by molar-refractivity contribution is -0.131. The molecule has 104 valence electrons. The quantitative estimate of drug-likeness (QED) is 0.815. The first-order chi connectivity index (χ1) is 8.95. The Morgan fingerprint density at radius 3 is 2.74 bits per heavy atom. The summed E-state index contributed by atoms with van der Waals surface area (Å²) in [6.45, 7) is 4.12. The van der Waals surface area contributed by atoms with Crippen LogP contribution in [0.4, 0.5) is 0 Å². The molecule has 1 unspecified atom stereocenters. The lowest BCUT2D eigenvalue weighted by atomic mass is 10.1. The highest BCUT2D eigenvalue weighted by Gasteiger charge is 2.18. The third kappa shape index (κ3) is 4.52. The van der Waals surface area contributed by atoms with Gasteiger partial charge >= 0.3 is 5.97 Å². The number of amides is 1. The van der Waals surface area contributed by atoms with E-state index in [4.69, 9.17) is 5.11 Å². The fourth-order valence-corrected chi connectivity index (χ4v) is 2.59. The Morgan fingerprint density at radius 1 is 1.47 bits per heavy atom. The van der Waals surface area contributed by atoms with Gasteiger partial charge < -0.3 is 10.0 Å². The van der Waals surface area contributed by atoms with Crippen LogP contribution in [0.3, 0.4) is 0 Å². The average molecular weight is 281 g/mol. The van der Waals surface area contributed by atoms with Gasteiger partial charge in [-0.1, -0.05) is 13.3 Å². The Hall–Kier alpha value is -1.62. The SMILES string of the molecule is CCCC(C)N(C)C(=O)c1ccc(/C=C/C(=O)O)s1. The topological polar surface area (TPSA) is 57.6 Å². The van der Waals surface area contributed by atoms with Gasteiger partial charge in [0.2, 0.25) is 0 Å². The van der Waals surface area contributed by atoms with E-state index in [0.717, 1.165) is 23.8 Å². The maximum absolute atomic E-state index is 12.2. The first-order valence-corrected chi connectivity index (χ1v) is 7.05. The molecular formula is C14H19NO3S. The Labute approximate surface area is 117 Å². The normalized spacial score (nSPS) is 12.6. The summed E-state index contributed by atoms with van der Waals surface area (Å²) < 4.78 is 0. The predicted octanol–water partition coefficient (Wildman–Crippen LogP) is 3.11. The van der Waals surface area contributed by atoms with E-state index in [0.29, 0.717) is 4.88 Å². The minimum absolute atomic E-state index is 0.0130. The van der Waals surface area contributed by atoms with Crippen LogP contribution in [-0.2, 0) is 4.79 Å². The van der Waals surface area contributed by atoms with E-state index in [1.54, 1.807) is 24.1 Å². The summed E-state index contributed by atoms with van der Waals surface area (Å²) in [5, 5.41) is 8.55. The van der Waals surface area contributed by atoms with Crippen LogP contribution < -0.4 is 0 Å². The number of carboxylic acids is 1. The predicted molar refractivity (Wildman–Crippen MR) is 77.5 cm³/mol. The van der Waals surface area contributed by atoms with Gasteiger partial charge in [0.15, 0.2) is 0 Å². The summed E-state index contributed by atoms with van der Waals surface area (Å²) in [5.41, 5.74) is 0. The highest BCUT2D eigenvalue weighted by Crippen LogP contribution is 2.20. The lowest BCUT2D eigenvalue weighted by Gasteiger charge is -2.23. The molecule has 0 spiro atoms. The number of carbonyl (C=O) groups is 2. The molecule has 0 aliphatic carbocycles. The molecule has 1 atom stereocenters. The fourth-order valence-electron chi connectivity index (χ4n) is 1.70. The smallest absolute Gasteiger partial charge is 0.328 e. The minimum atomic E-state index is -0.991. The van der Waals surface area contributed by atoms with Crippen LogP contribution in [0.15, 0.2) is 18.2 Å². The van der Waals surface area contributed by atoms with Crippen LogP contribution in [0.25, 0.3) is 6.08 Å². The van der Waals surface area contributed by atoms with Crippen molar-refractivity contribution in [3.05, 3.63) is 28.0 Å². The van der Waals surface area contributed by atoms with Gasteiger partial charge in [-0.3, -0.25) is 4.79 Å². The molecular weight excluding hydrogens is 262 g/mol. The van der Waals surface area contributed by atoms with E-state index < -0.39 is 5.97 Å². The van der Waals surface area contributed by atoms with Crippen molar-refractivity contribution in [2.75, 3.05) is 7.05 Å². The van der Waals surface area contributed by atoms with Crippen LogP contribution >= 0.6 is 11.3 Å². The van der Waals surface area contributed by atoms with Crippen LogP contribution in [0.2, 0.25) is 0 Å². The number of rotatable bonds is 6. The standard InChI is InChI=1S/C14H19NO3S/c1-4-5-10(2)15(3)14(18)12-8-6-11(19-12)7-9-13(16)17/h6-10H,4-5H2,1-3H3,(H,16,17)/b9-7+. The zero-order chi connectivity index (χ0) is 14.4. The van der Waals surface area contributed by atoms with Crippen LogP contribution in [0.1, 0.15) is 41.2 Å². The number of carbonyl (C=O) groups excluding carboxylic acids is 1. The third-order valence-corrected chi connectivity index (χ3v) is 3.95. The average Bonchev–Trinajstić information content (AvgIpc) is 2.83. The van der Waals surface area contributed by atoms with E-state index in [1.165, 1.54) is 17.4 Å². The zero-order valence-electron chi connectivity index (χ0n) is 11.4.